The zero-order chi connectivity index (χ0) is 20.4. The van der Waals surface area contributed by atoms with Gasteiger partial charge in [0.1, 0.15) is 5.75 Å². The standard InChI is InChI=1S/C22H24N4O2S/c1-4-28-18-12-8-7-11-17(18)23-19(27)14-29-21-25-24-20-16-10-6-5-9-15(16)13-22(2,3)26(20)21/h5-12H,4,13-14H2,1-3H3,(H,23,27). The maximum atomic E-state index is 12.5. The highest BCUT2D eigenvalue weighted by molar-refractivity contribution is 7.99. The molecular formula is C22H24N4O2S. The van der Waals surface area contributed by atoms with Gasteiger partial charge in [0.2, 0.25) is 5.91 Å². The maximum absolute atomic E-state index is 12.5. The van der Waals surface area contributed by atoms with Crippen LogP contribution >= 0.6 is 11.8 Å². The first-order chi connectivity index (χ1) is 14.0. The summed E-state index contributed by atoms with van der Waals surface area (Å²) in [5.41, 5.74) is 2.91. The summed E-state index contributed by atoms with van der Waals surface area (Å²) in [6, 6.07) is 15.8. The number of ether oxygens (including phenoxy) is 1. The molecular weight excluding hydrogens is 384 g/mol. The van der Waals surface area contributed by atoms with Crippen LogP contribution in [0.25, 0.3) is 11.4 Å². The number of carbonyl (C=O) groups is 1. The lowest BCUT2D eigenvalue weighted by atomic mass is 9.87. The van der Waals surface area contributed by atoms with Crippen molar-refractivity contribution in [2.75, 3.05) is 17.7 Å². The Hall–Kier alpha value is -2.80. The molecule has 2 heterocycles. The van der Waals surface area contributed by atoms with Gasteiger partial charge in [-0.05, 0) is 44.9 Å². The third-order valence-corrected chi connectivity index (χ3v) is 5.84. The van der Waals surface area contributed by atoms with Gasteiger partial charge in [0.15, 0.2) is 11.0 Å². The maximum Gasteiger partial charge on any atom is 0.234 e. The van der Waals surface area contributed by atoms with Gasteiger partial charge in [-0.15, -0.1) is 10.2 Å². The van der Waals surface area contributed by atoms with Crippen molar-refractivity contribution in [3.63, 3.8) is 0 Å². The summed E-state index contributed by atoms with van der Waals surface area (Å²) >= 11 is 1.40. The number of nitrogens with zero attached hydrogens (tertiary/aromatic N) is 3. The molecule has 0 spiro atoms. The van der Waals surface area contributed by atoms with Crippen LogP contribution < -0.4 is 10.1 Å². The second kappa shape index (κ2) is 7.91. The second-order valence-corrected chi connectivity index (χ2v) is 8.50. The van der Waals surface area contributed by atoms with Crippen LogP contribution in [0.1, 0.15) is 26.3 Å². The third-order valence-electron chi connectivity index (χ3n) is 4.91. The molecule has 150 valence electrons. The molecule has 1 aromatic heterocycles. The largest absolute Gasteiger partial charge is 0.492 e. The molecule has 29 heavy (non-hydrogen) atoms. The van der Waals surface area contributed by atoms with E-state index in [1.54, 1.807) is 0 Å². The number of hydrogen-bond acceptors (Lipinski definition) is 5. The van der Waals surface area contributed by atoms with Gasteiger partial charge in [0, 0.05) is 11.1 Å². The highest BCUT2D eigenvalue weighted by Crippen LogP contribution is 2.39. The Labute approximate surface area is 174 Å². The predicted molar refractivity (Wildman–Crippen MR) is 115 cm³/mol. The van der Waals surface area contributed by atoms with Crippen molar-refractivity contribution in [3.8, 4) is 17.1 Å². The van der Waals surface area contributed by atoms with Crippen molar-refractivity contribution in [2.24, 2.45) is 0 Å². The van der Waals surface area contributed by atoms with Gasteiger partial charge in [0.25, 0.3) is 0 Å². The number of benzene rings is 2. The fourth-order valence-corrected chi connectivity index (χ4v) is 4.58. The molecule has 0 atom stereocenters. The van der Waals surface area contributed by atoms with Gasteiger partial charge in [-0.25, -0.2) is 0 Å². The molecule has 0 aliphatic carbocycles. The number of para-hydroxylation sites is 2. The lowest BCUT2D eigenvalue weighted by molar-refractivity contribution is -0.113. The van der Waals surface area contributed by atoms with E-state index >= 15 is 0 Å². The summed E-state index contributed by atoms with van der Waals surface area (Å²) in [4.78, 5) is 12.5. The molecule has 1 amide bonds. The minimum atomic E-state index is -0.159. The Morgan fingerprint density at radius 2 is 1.93 bits per heavy atom. The molecule has 0 saturated heterocycles. The Morgan fingerprint density at radius 1 is 1.17 bits per heavy atom. The van der Waals surface area contributed by atoms with Crippen LogP contribution in [0.5, 0.6) is 5.75 Å². The van der Waals surface area contributed by atoms with E-state index in [1.165, 1.54) is 17.3 Å². The van der Waals surface area contributed by atoms with E-state index < -0.39 is 0 Å². The minimum Gasteiger partial charge on any atom is -0.492 e. The number of amides is 1. The fourth-order valence-electron chi connectivity index (χ4n) is 3.69. The average Bonchev–Trinajstić information content (AvgIpc) is 3.13. The molecule has 2 aromatic carbocycles. The number of thioether (sulfide) groups is 1. The van der Waals surface area contributed by atoms with Crippen LogP contribution in [0.15, 0.2) is 53.7 Å². The Bertz CT molecular complexity index is 1040. The first-order valence-corrected chi connectivity index (χ1v) is 10.7. The van der Waals surface area contributed by atoms with Gasteiger partial charge >= 0.3 is 0 Å². The van der Waals surface area contributed by atoms with E-state index in [0.717, 1.165) is 23.0 Å². The predicted octanol–water partition coefficient (Wildman–Crippen LogP) is 4.37. The summed E-state index contributed by atoms with van der Waals surface area (Å²) in [6.45, 7) is 6.82. The molecule has 0 saturated carbocycles. The average molecular weight is 409 g/mol. The highest BCUT2D eigenvalue weighted by Gasteiger charge is 2.34. The molecule has 3 aromatic rings. The van der Waals surface area contributed by atoms with Crippen LogP contribution in [0, 0.1) is 0 Å². The number of anilines is 1. The minimum absolute atomic E-state index is 0.103. The molecule has 1 N–H and O–H groups in total. The van der Waals surface area contributed by atoms with Crippen molar-refractivity contribution in [3.05, 3.63) is 54.1 Å². The summed E-state index contributed by atoms with van der Waals surface area (Å²) in [6.07, 6.45) is 0.899. The number of rotatable bonds is 6. The van der Waals surface area contributed by atoms with E-state index in [0.29, 0.717) is 18.0 Å². The van der Waals surface area contributed by atoms with Gasteiger partial charge in [-0.1, -0.05) is 48.2 Å². The molecule has 6 nitrogen and oxygen atoms in total. The van der Waals surface area contributed by atoms with E-state index in [-0.39, 0.29) is 17.2 Å². The van der Waals surface area contributed by atoms with Crippen LogP contribution in [-0.2, 0) is 16.8 Å². The normalized spacial score (nSPS) is 14.0. The van der Waals surface area contributed by atoms with E-state index in [2.05, 4.69) is 52.1 Å². The molecule has 0 fully saturated rings. The Balaban J connectivity index is 1.51. The molecule has 0 radical (unpaired) electrons. The van der Waals surface area contributed by atoms with Crippen molar-refractivity contribution >= 4 is 23.4 Å². The molecule has 0 unspecified atom stereocenters. The zero-order valence-corrected chi connectivity index (χ0v) is 17.6. The van der Waals surface area contributed by atoms with Gasteiger partial charge in [-0.3, -0.25) is 9.36 Å². The molecule has 4 rings (SSSR count). The number of nitrogens with one attached hydrogen (secondary N) is 1. The molecule has 7 heteroatoms. The van der Waals surface area contributed by atoms with E-state index in [9.17, 15) is 4.79 Å². The smallest absolute Gasteiger partial charge is 0.234 e. The highest BCUT2D eigenvalue weighted by atomic mass is 32.2. The lowest BCUT2D eigenvalue weighted by Gasteiger charge is -2.34. The second-order valence-electron chi connectivity index (χ2n) is 7.55. The zero-order valence-electron chi connectivity index (χ0n) is 16.8. The van der Waals surface area contributed by atoms with Gasteiger partial charge in [0.05, 0.1) is 18.0 Å². The van der Waals surface area contributed by atoms with Crippen molar-refractivity contribution in [1.82, 2.24) is 14.8 Å². The van der Waals surface area contributed by atoms with E-state index in [4.69, 9.17) is 4.74 Å². The molecule has 1 aliphatic heterocycles. The third kappa shape index (κ3) is 3.87. The van der Waals surface area contributed by atoms with Crippen molar-refractivity contribution in [2.45, 2.75) is 37.9 Å². The number of fused-ring (bicyclic) bond motifs is 3. The summed E-state index contributed by atoms with van der Waals surface area (Å²) in [5, 5.41) is 12.5. The van der Waals surface area contributed by atoms with Crippen LogP contribution in [-0.4, -0.2) is 33.0 Å². The van der Waals surface area contributed by atoms with Crippen LogP contribution in [0.4, 0.5) is 5.69 Å². The monoisotopic (exact) mass is 408 g/mol. The van der Waals surface area contributed by atoms with Crippen molar-refractivity contribution in [1.29, 1.82) is 0 Å². The summed E-state index contributed by atoms with van der Waals surface area (Å²) < 4.78 is 7.73. The number of aromatic nitrogens is 3. The van der Waals surface area contributed by atoms with Crippen LogP contribution in [0.3, 0.4) is 0 Å². The van der Waals surface area contributed by atoms with Crippen molar-refractivity contribution < 1.29 is 9.53 Å². The fraction of sp³-hybridized carbons (Fsp3) is 0.318. The van der Waals surface area contributed by atoms with Gasteiger partial charge in [-0.2, -0.15) is 0 Å². The quantitative estimate of drug-likeness (QED) is 0.614. The summed E-state index contributed by atoms with van der Waals surface area (Å²) in [5.74, 6) is 1.68. The Morgan fingerprint density at radius 3 is 2.76 bits per heavy atom. The number of hydrogen-bond donors (Lipinski definition) is 1. The first kappa shape index (κ1) is 19.5. The molecule has 0 bridgehead atoms. The van der Waals surface area contributed by atoms with E-state index in [1.807, 2.05) is 37.3 Å². The summed E-state index contributed by atoms with van der Waals surface area (Å²) in [7, 11) is 0. The van der Waals surface area contributed by atoms with Crippen LogP contribution in [0.2, 0.25) is 0 Å². The Kier molecular flexibility index (Phi) is 5.32. The lowest BCUT2D eigenvalue weighted by Crippen LogP contribution is -2.33. The molecule has 1 aliphatic rings. The number of carbonyl (C=O) groups excluding carboxylic acids is 1. The van der Waals surface area contributed by atoms with Gasteiger partial charge < -0.3 is 10.1 Å². The SMILES string of the molecule is CCOc1ccccc1NC(=O)CSc1nnc2n1C(C)(C)Cc1ccccc1-2. The first-order valence-electron chi connectivity index (χ1n) is 9.68. The topological polar surface area (TPSA) is 69.0 Å².